The Balaban J connectivity index is 2.09. The Morgan fingerprint density at radius 2 is 2.25 bits per heavy atom. The lowest BCUT2D eigenvalue weighted by Crippen LogP contribution is -2.18. The summed E-state index contributed by atoms with van der Waals surface area (Å²) in [6.07, 6.45) is 6.84. The van der Waals surface area contributed by atoms with E-state index >= 15 is 0 Å². The molecule has 2 rings (SSSR count). The van der Waals surface area contributed by atoms with Crippen molar-refractivity contribution in [1.29, 1.82) is 0 Å². The summed E-state index contributed by atoms with van der Waals surface area (Å²) in [5.41, 5.74) is 1.69. The molecule has 0 aromatic heterocycles. The fraction of sp³-hybridized carbons (Fsp3) is 0.833. The molecule has 0 amide bonds. The Labute approximate surface area is 76.1 Å². The van der Waals surface area contributed by atoms with Gasteiger partial charge >= 0.3 is 0 Å². The molecule has 1 fully saturated rings. The summed E-state index contributed by atoms with van der Waals surface area (Å²) in [6.45, 7) is 7.09. The van der Waals surface area contributed by atoms with Crippen LogP contribution in [0.3, 0.4) is 0 Å². The van der Waals surface area contributed by atoms with Gasteiger partial charge < -0.3 is 0 Å². The summed E-state index contributed by atoms with van der Waals surface area (Å²) in [4.78, 5) is 0. The first-order valence-electron chi connectivity index (χ1n) is 5.40. The molecule has 2 aliphatic rings. The standard InChI is InChI=1S/C12H20/c1-4-8(2)11-6-10-5-9(3)12(11)7-10/h5,8,10-12H,4,6-7H2,1-3H3. The summed E-state index contributed by atoms with van der Waals surface area (Å²) in [6, 6.07) is 0. The summed E-state index contributed by atoms with van der Waals surface area (Å²) in [5, 5.41) is 0. The zero-order chi connectivity index (χ0) is 8.72. The van der Waals surface area contributed by atoms with Crippen LogP contribution in [0.2, 0.25) is 0 Å². The molecule has 4 unspecified atom stereocenters. The Morgan fingerprint density at radius 1 is 1.50 bits per heavy atom. The highest BCUT2D eigenvalue weighted by atomic mass is 14.4. The van der Waals surface area contributed by atoms with Crippen LogP contribution >= 0.6 is 0 Å². The first kappa shape index (κ1) is 8.34. The number of rotatable bonds is 2. The zero-order valence-corrected chi connectivity index (χ0v) is 8.51. The highest BCUT2D eigenvalue weighted by Crippen LogP contribution is 2.50. The molecule has 0 nitrogen and oxygen atoms in total. The van der Waals surface area contributed by atoms with Crippen molar-refractivity contribution in [1.82, 2.24) is 0 Å². The molecule has 4 atom stereocenters. The number of hydrogen-bond acceptors (Lipinski definition) is 0. The Morgan fingerprint density at radius 3 is 2.75 bits per heavy atom. The van der Waals surface area contributed by atoms with E-state index in [9.17, 15) is 0 Å². The average molecular weight is 164 g/mol. The lowest BCUT2D eigenvalue weighted by Gasteiger charge is -2.27. The van der Waals surface area contributed by atoms with Gasteiger partial charge in [0.15, 0.2) is 0 Å². The maximum atomic E-state index is 2.52. The van der Waals surface area contributed by atoms with Crippen molar-refractivity contribution in [3.05, 3.63) is 11.6 Å². The van der Waals surface area contributed by atoms with Crippen molar-refractivity contribution in [2.75, 3.05) is 0 Å². The van der Waals surface area contributed by atoms with Crippen molar-refractivity contribution < 1.29 is 0 Å². The van der Waals surface area contributed by atoms with Crippen molar-refractivity contribution in [2.45, 2.75) is 40.0 Å². The van der Waals surface area contributed by atoms with Crippen LogP contribution in [0.15, 0.2) is 11.6 Å². The lowest BCUT2D eigenvalue weighted by atomic mass is 9.79. The third-order valence-electron chi connectivity index (χ3n) is 4.11. The highest BCUT2D eigenvalue weighted by Gasteiger charge is 2.40. The van der Waals surface area contributed by atoms with Gasteiger partial charge in [-0.05, 0) is 43.4 Å². The zero-order valence-electron chi connectivity index (χ0n) is 8.51. The monoisotopic (exact) mass is 164 g/mol. The maximum absolute atomic E-state index is 2.52. The van der Waals surface area contributed by atoms with E-state index in [-0.39, 0.29) is 0 Å². The van der Waals surface area contributed by atoms with E-state index in [0.717, 1.165) is 23.7 Å². The molecule has 0 heterocycles. The van der Waals surface area contributed by atoms with Crippen LogP contribution in [-0.2, 0) is 0 Å². The van der Waals surface area contributed by atoms with Gasteiger partial charge in [-0.15, -0.1) is 0 Å². The molecule has 68 valence electrons. The van der Waals surface area contributed by atoms with Crippen molar-refractivity contribution >= 4 is 0 Å². The number of fused-ring (bicyclic) bond motifs is 2. The van der Waals surface area contributed by atoms with E-state index in [2.05, 4.69) is 26.8 Å². The normalized spacial score (nSPS) is 41.6. The summed E-state index contributed by atoms with van der Waals surface area (Å²) >= 11 is 0. The molecule has 0 aromatic carbocycles. The van der Waals surface area contributed by atoms with Crippen LogP contribution in [0.25, 0.3) is 0 Å². The lowest BCUT2D eigenvalue weighted by molar-refractivity contribution is 0.291. The van der Waals surface area contributed by atoms with Gasteiger partial charge in [0, 0.05) is 0 Å². The van der Waals surface area contributed by atoms with E-state index in [4.69, 9.17) is 0 Å². The molecular weight excluding hydrogens is 144 g/mol. The fourth-order valence-corrected chi connectivity index (χ4v) is 3.20. The van der Waals surface area contributed by atoms with E-state index in [1.54, 1.807) is 5.57 Å². The Bertz CT molecular complexity index is 202. The second kappa shape index (κ2) is 2.90. The average Bonchev–Trinajstić information content (AvgIpc) is 2.60. The molecular formula is C12H20. The van der Waals surface area contributed by atoms with Crippen molar-refractivity contribution in [3.8, 4) is 0 Å². The van der Waals surface area contributed by atoms with Crippen LogP contribution in [0.5, 0.6) is 0 Å². The smallest absolute Gasteiger partial charge is 0.0169 e. The van der Waals surface area contributed by atoms with Gasteiger partial charge in [0.05, 0.1) is 0 Å². The first-order valence-corrected chi connectivity index (χ1v) is 5.40. The predicted molar refractivity (Wildman–Crippen MR) is 52.9 cm³/mol. The fourth-order valence-electron chi connectivity index (χ4n) is 3.20. The number of allylic oxidation sites excluding steroid dienone is 2. The first-order chi connectivity index (χ1) is 5.72. The van der Waals surface area contributed by atoms with Gasteiger partial charge in [-0.2, -0.15) is 0 Å². The van der Waals surface area contributed by atoms with E-state index in [1.165, 1.54) is 19.3 Å². The van der Waals surface area contributed by atoms with Crippen LogP contribution in [0, 0.1) is 23.7 Å². The molecule has 0 N–H and O–H groups in total. The van der Waals surface area contributed by atoms with Crippen molar-refractivity contribution in [2.24, 2.45) is 23.7 Å². The topological polar surface area (TPSA) is 0 Å². The molecule has 0 aromatic rings. The molecule has 1 saturated carbocycles. The van der Waals surface area contributed by atoms with Crippen LogP contribution in [0.1, 0.15) is 40.0 Å². The van der Waals surface area contributed by atoms with Crippen LogP contribution < -0.4 is 0 Å². The molecule has 0 heteroatoms. The van der Waals surface area contributed by atoms with Gasteiger partial charge in [-0.1, -0.05) is 31.9 Å². The second-order valence-corrected chi connectivity index (χ2v) is 4.80. The summed E-state index contributed by atoms with van der Waals surface area (Å²) in [5.74, 6) is 3.88. The molecule has 0 spiro atoms. The molecule has 0 radical (unpaired) electrons. The largest absolute Gasteiger partial charge is 0.0822 e. The molecule has 0 saturated heterocycles. The minimum Gasteiger partial charge on any atom is -0.0822 e. The maximum Gasteiger partial charge on any atom is -0.0169 e. The van der Waals surface area contributed by atoms with Crippen LogP contribution in [0.4, 0.5) is 0 Å². The van der Waals surface area contributed by atoms with Gasteiger partial charge in [0.1, 0.15) is 0 Å². The predicted octanol–water partition coefficient (Wildman–Crippen LogP) is 3.63. The summed E-state index contributed by atoms with van der Waals surface area (Å²) in [7, 11) is 0. The molecule has 12 heavy (non-hydrogen) atoms. The number of hydrogen-bond donors (Lipinski definition) is 0. The van der Waals surface area contributed by atoms with E-state index in [0.29, 0.717) is 0 Å². The van der Waals surface area contributed by atoms with Crippen molar-refractivity contribution in [3.63, 3.8) is 0 Å². The second-order valence-electron chi connectivity index (χ2n) is 4.80. The Kier molecular flexibility index (Phi) is 2.02. The quantitative estimate of drug-likeness (QED) is 0.547. The molecule has 2 bridgehead atoms. The van der Waals surface area contributed by atoms with E-state index in [1.807, 2.05) is 0 Å². The SMILES string of the molecule is CCC(C)C1CC2C=C(C)C1C2. The molecule has 2 aliphatic carbocycles. The summed E-state index contributed by atoms with van der Waals surface area (Å²) < 4.78 is 0. The minimum atomic E-state index is 0.948. The minimum absolute atomic E-state index is 0.948. The Hall–Kier alpha value is -0.260. The van der Waals surface area contributed by atoms with Gasteiger partial charge in [0.2, 0.25) is 0 Å². The molecule has 0 aliphatic heterocycles. The van der Waals surface area contributed by atoms with Crippen LogP contribution in [-0.4, -0.2) is 0 Å². The third-order valence-corrected chi connectivity index (χ3v) is 4.11. The van der Waals surface area contributed by atoms with Gasteiger partial charge in [0.25, 0.3) is 0 Å². The highest BCUT2D eigenvalue weighted by molar-refractivity contribution is 5.19. The third kappa shape index (κ3) is 1.12. The van der Waals surface area contributed by atoms with E-state index < -0.39 is 0 Å². The van der Waals surface area contributed by atoms with Gasteiger partial charge in [-0.25, -0.2) is 0 Å². The van der Waals surface area contributed by atoms with Gasteiger partial charge in [-0.3, -0.25) is 0 Å².